The highest BCUT2D eigenvalue weighted by Gasteiger charge is 2.20. The lowest BCUT2D eigenvalue weighted by atomic mass is 10.1. The van der Waals surface area contributed by atoms with Gasteiger partial charge in [0.15, 0.2) is 9.84 Å². The van der Waals surface area contributed by atoms with Crippen LogP contribution in [-0.2, 0) is 9.84 Å². The standard InChI is InChI=1S/C10H17N3O2S/c1-10(2,7-11)13-9-8(16(3,14)15)5-4-6-12-9/h4-6H,7,11H2,1-3H3,(H,12,13). The van der Waals surface area contributed by atoms with Gasteiger partial charge < -0.3 is 11.1 Å². The molecule has 0 aliphatic heterocycles. The highest BCUT2D eigenvalue weighted by molar-refractivity contribution is 7.90. The Bertz CT molecular complexity index is 469. The number of anilines is 1. The molecule has 0 bridgehead atoms. The van der Waals surface area contributed by atoms with Gasteiger partial charge in [0.05, 0.1) is 0 Å². The topological polar surface area (TPSA) is 85.1 Å². The lowest BCUT2D eigenvalue weighted by Gasteiger charge is -2.25. The van der Waals surface area contributed by atoms with E-state index in [1.165, 1.54) is 6.07 Å². The molecule has 0 radical (unpaired) electrons. The third-order valence-corrected chi connectivity index (χ3v) is 3.27. The Morgan fingerprint density at radius 2 is 2.12 bits per heavy atom. The molecule has 0 spiro atoms. The molecule has 3 N–H and O–H groups in total. The minimum Gasteiger partial charge on any atom is -0.363 e. The van der Waals surface area contributed by atoms with E-state index in [2.05, 4.69) is 10.3 Å². The smallest absolute Gasteiger partial charge is 0.179 e. The van der Waals surface area contributed by atoms with Gasteiger partial charge in [0, 0.05) is 24.5 Å². The van der Waals surface area contributed by atoms with Gasteiger partial charge >= 0.3 is 0 Å². The van der Waals surface area contributed by atoms with Crippen molar-refractivity contribution in [1.29, 1.82) is 0 Å². The quantitative estimate of drug-likeness (QED) is 0.810. The van der Waals surface area contributed by atoms with E-state index in [0.717, 1.165) is 6.26 Å². The number of nitrogens with two attached hydrogens (primary N) is 1. The zero-order valence-corrected chi connectivity index (χ0v) is 10.5. The second kappa shape index (κ2) is 4.39. The van der Waals surface area contributed by atoms with Crippen LogP contribution in [0.4, 0.5) is 5.82 Å². The molecule has 1 rings (SSSR count). The summed E-state index contributed by atoms with van der Waals surface area (Å²) >= 11 is 0. The Balaban J connectivity index is 3.16. The number of rotatable bonds is 4. The molecular formula is C10H17N3O2S. The van der Waals surface area contributed by atoms with Crippen LogP contribution in [0.5, 0.6) is 0 Å². The van der Waals surface area contributed by atoms with Gasteiger partial charge in [-0.05, 0) is 26.0 Å². The van der Waals surface area contributed by atoms with Gasteiger partial charge in [-0.15, -0.1) is 0 Å². The summed E-state index contributed by atoms with van der Waals surface area (Å²) in [5.74, 6) is 0.348. The lowest BCUT2D eigenvalue weighted by Crippen LogP contribution is -2.39. The normalized spacial score (nSPS) is 12.5. The number of pyridine rings is 1. The van der Waals surface area contributed by atoms with Crippen LogP contribution >= 0.6 is 0 Å². The molecule has 0 aliphatic rings. The molecule has 0 aromatic carbocycles. The van der Waals surface area contributed by atoms with Crippen molar-refractivity contribution in [3.05, 3.63) is 18.3 Å². The molecule has 0 amide bonds. The van der Waals surface area contributed by atoms with E-state index in [4.69, 9.17) is 5.73 Å². The molecule has 0 saturated carbocycles. The Hall–Kier alpha value is -1.14. The van der Waals surface area contributed by atoms with Crippen LogP contribution in [-0.4, -0.2) is 31.7 Å². The molecule has 0 unspecified atom stereocenters. The maximum absolute atomic E-state index is 11.5. The van der Waals surface area contributed by atoms with Crippen LogP contribution in [0.25, 0.3) is 0 Å². The van der Waals surface area contributed by atoms with Crippen molar-refractivity contribution in [3.8, 4) is 0 Å². The fourth-order valence-electron chi connectivity index (χ4n) is 1.16. The molecule has 5 nitrogen and oxygen atoms in total. The van der Waals surface area contributed by atoms with E-state index in [1.807, 2.05) is 13.8 Å². The van der Waals surface area contributed by atoms with E-state index >= 15 is 0 Å². The first kappa shape index (κ1) is 12.9. The summed E-state index contributed by atoms with van der Waals surface area (Å²) in [6, 6.07) is 3.12. The first-order chi connectivity index (χ1) is 7.26. The SMILES string of the molecule is CC(C)(CN)Nc1ncccc1S(C)(=O)=O. The van der Waals surface area contributed by atoms with Crippen molar-refractivity contribution in [2.24, 2.45) is 5.73 Å². The second-order valence-electron chi connectivity index (χ2n) is 4.34. The van der Waals surface area contributed by atoms with Crippen LogP contribution in [0.15, 0.2) is 23.2 Å². The fraction of sp³-hybridized carbons (Fsp3) is 0.500. The van der Waals surface area contributed by atoms with Crippen LogP contribution in [0.2, 0.25) is 0 Å². The molecule has 1 heterocycles. The summed E-state index contributed by atoms with van der Waals surface area (Å²) in [5, 5.41) is 3.03. The minimum absolute atomic E-state index is 0.191. The Morgan fingerprint density at radius 1 is 1.50 bits per heavy atom. The third-order valence-electron chi connectivity index (χ3n) is 2.14. The zero-order chi connectivity index (χ0) is 12.4. The van der Waals surface area contributed by atoms with Gasteiger partial charge in [-0.1, -0.05) is 0 Å². The molecule has 16 heavy (non-hydrogen) atoms. The number of nitrogens with zero attached hydrogens (tertiary/aromatic N) is 1. The molecule has 0 aliphatic carbocycles. The summed E-state index contributed by atoms with van der Waals surface area (Å²) in [7, 11) is -3.28. The summed E-state index contributed by atoms with van der Waals surface area (Å²) < 4.78 is 23.0. The molecular weight excluding hydrogens is 226 g/mol. The largest absolute Gasteiger partial charge is 0.363 e. The lowest BCUT2D eigenvalue weighted by molar-refractivity contribution is 0.573. The highest BCUT2D eigenvalue weighted by atomic mass is 32.2. The Morgan fingerprint density at radius 3 is 2.62 bits per heavy atom. The number of hydrogen-bond acceptors (Lipinski definition) is 5. The average Bonchev–Trinajstić information content (AvgIpc) is 2.16. The fourth-order valence-corrected chi connectivity index (χ4v) is 1.94. The van der Waals surface area contributed by atoms with E-state index in [9.17, 15) is 8.42 Å². The van der Waals surface area contributed by atoms with Crippen LogP contribution < -0.4 is 11.1 Å². The van der Waals surface area contributed by atoms with E-state index in [-0.39, 0.29) is 4.90 Å². The first-order valence-electron chi connectivity index (χ1n) is 4.89. The molecule has 0 saturated heterocycles. The van der Waals surface area contributed by atoms with Crippen molar-refractivity contribution in [1.82, 2.24) is 4.98 Å². The Labute approximate surface area is 96.0 Å². The van der Waals surface area contributed by atoms with Gasteiger partial charge in [-0.3, -0.25) is 0 Å². The van der Waals surface area contributed by atoms with Crippen molar-refractivity contribution in [3.63, 3.8) is 0 Å². The van der Waals surface area contributed by atoms with Crippen molar-refractivity contribution >= 4 is 15.7 Å². The highest BCUT2D eigenvalue weighted by Crippen LogP contribution is 2.20. The predicted molar refractivity (Wildman–Crippen MR) is 64.1 cm³/mol. The number of aromatic nitrogens is 1. The molecule has 0 atom stereocenters. The summed E-state index contributed by atoms with van der Waals surface area (Å²) in [6.45, 7) is 4.15. The van der Waals surface area contributed by atoms with E-state index in [0.29, 0.717) is 12.4 Å². The summed E-state index contributed by atoms with van der Waals surface area (Å²) in [4.78, 5) is 4.22. The zero-order valence-electron chi connectivity index (χ0n) is 9.69. The van der Waals surface area contributed by atoms with E-state index in [1.54, 1.807) is 12.3 Å². The second-order valence-corrected chi connectivity index (χ2v) is 6.32. The summed E-state index contributed by atoms with van der Waals surface area (Å²) in [5.41, 5.74) is 5.18. The first-order valence-corrected chi connectivity index (χ1v) is 6.79. The maximum atomic E-state index is 11.5. The third kappa shape index (κ3) is 3.18. The van der Waals surface area contributed by atoms with Crippen molar-refractivity contribution in [2.75, 3.05) is 18.1 Å². The minimum atomic E-state index is -3.28. The Kier molecular flexibility index (Phi) is 3.54. The summed E-state index contributed by atoms with van der Waals surface area (Å²) in [6.07, 6.45) is 2.70. The molecule has 1 aromatic rings. The molecule has 90 valence electrons. The molecule has 0 fully saturated rings. The average molecular weight is 243 g/mol. The van der Waals surface area contributed by atoms with Gasteiger partial charge in [0.25, 0.3) is 0 Å². The van der Waals surface area contributed by atoms with Gasteiger partial charge in [0.1, 0.15) is 10.7 Å². The number of sulfone groups is 1. The monoisotopic (exact) mass is 243 g/mol. The molecule has 1 aromatic heterocycles. The maximum Gasteiger partial charge on any atom is 0.179 e. The van der Waals surface area contributed by atoms with Gasteiger partial charge in [0.2, 0.25) is 0 Å². The molecule has 6 heteroatoms. The number of nitrogens with one attached hydrogen (secondary N) is 1. The van der Waals surface area contributed by atoms with E-state index < -0.39 is 15.4 Å². The number of hydrogen-bond donors (Lipinski definition) is 2. The van der Waals surface area contributed by atoms with Crippen molar-refractivity contribution < 1.29 is 8.42 Å². The van der Waals surface area contributed by atoms with Crippen LogP contribution in [0.1, 0.15) is 13.8 Å². The van der Waals surface area contributed by atoms with Gasteiger partial charge in [-0.2, -0.15) is 0 Å². The van der Waals surface area contributed by atoms with Crippen LogP contribution in [0.3, 0.4) is 0 Å². The van der Waals surface area contributed by atoms with Gasteiger partial charge in [-0.25, -0.2) is 13.4 Å². The predicted octanol–water partition coefficient (Wildman–Crippen LogP) is 0.634. The van der Waals surface area contributed by atoms with Crippen molar-refractivity contribution in [2.45, 2.75) is 24.3 Å². The van der Waals surface area contributed by atoms with Crippen LogP contribution in [0, 0.1) is 0 Å².